The standard InChI is InChI=1S/C12H20N2O3/c15-11(13-9-5-6-9)10(14-12(16)17)7-8-3-1-2-4-8/h8-10,14H,1-7H2,(H,13,15)(H,16,17). The van der Waals surface area contributed by atoms with Crippen LogP contribution in [0.2, 0.25) is 0 Å². The monoisotopic (exact) mass is 240 g/mol. The molecule has 2 aliphatic rings. The highest BCUT2D eigenvalue weighted by molar-refractivity contribution is 5.85. The van der Waals surface area contributed by atoms with Gasteiger partial charge in [-0.2, -0.15) is 0 Å². The van der Waals surface area contributed by atoms with Crippen LogP contribution in [-0.2, 0) is 4.79 Å². The third-order valence-electron chi connectivity index (χ3n) is 3.58. The van der Waals surface area contributed by atoms with Gasteiger partial charge in [0.15, 0.2) is 0 Å². The van der Waals surface area contributed by atoms with Crippen molar-refractivity contribution in [3.05, 3.63) is 0 Å². The summed E-state index contributed by atoms with van der Waals surface area (Å²) in [4.78, 5) is 22.6. The molecule has 0 heterocycles. The third kappa shape index (κ3) is 3.91. The fourth-order valence-corrected chi connectivity index (χ4v) is 2.49. The number of carbonyl (C=O) groups excluding carboxylic acids is 1. The minimum absolute atomic E-state index is 0.151. The maximum absolute atomic E-state index is 11.9. The van der Waals surface area contributed by atoms with E-state index in [0.717, 1.165) is 25.7 Å². The molecular weight excluding hydrogens is 220 g/mol. The van der Waals surface area contributed by atoms with Crippen LogP contribution in [0.1, 0.15) is 44.9 Å². The smallest absolute Gasteiger partial charge is 0.405 e. The van der Waals surface area contributed by atoms with Crippen molar-refractivity contribution >= 4 is 12.0 Å². The summed E-state index contributed by atoms with van der Waals surface area (Å²) in [6, 6.07) is -0.291. The van der Waals surface area contributed by atoms with E-state index in [1.807, 2.05) is 0 Å². The van der Waals surface area contributed by atoms with E-state index in [1.54, 1.807) is 0 Å². The zero-order chi connectivity index (χ0) is 12.3. The first-order valence-corrected chi connectivity index (χ1v) is 6.45. The van der Waals surface area contributed by atoms with Gasteiger partial charge in [-0.1, -0.05) is 25.7 Å². The molecule has 1 atom stereocenters. The molecule has 2 fully saturated rings. The van der Waals surface area contributed by atoms with Crippen LogP contribution in [0.3, 0.4) is 0 Å². The largest absolute Gasteiger partial charge is 0.465 e. The number of amides is 2. The Hall–Kier alpha value is -1.26. The molecule has 0 saturated heterocycles. The van der Waals surface area contributed by atoms with Gasteiger partial charge in [0.25, 0.3) is 0 Å². The maximum atomic E-state index is 11.9. The summed E-state index contributed by atoms with van der Waals surface area (Å²) in [6.07, 6.45) is 6.22. The second kappa shape index (κ2) is 5.38. The van der Waals surface area contributed by atoms with Gasteiger partial charge in [0.05, 0.1) is 0 Å². The molecule has 3 N–H and O–H groups in total. The Kier molecular flexibility index (Phi) is 3.86. The van der Waals surface area contributed by atoms with Crippen LogP contribution in [-0.4, -0.2) is 29.2 Å². The van der Waals surface area contributed by atoms with Crippen LogP contribution in [0.25, 0.3) is 0 Å². The molecule has 5 nitrogen and oxygen atoms in total. The van der Waals surface area contributed by atoms with Crippen molar-refractivity contribution in [1.82, 2.24) is 10.6 Å². The first kappa shape index (κ1) is 12.2. The topological polar surface area (TPSA) is 78.4 Å². The minimum Gasteiger partial charge on any atom is -0.465 e. The fraction of sp³-hybridized carbons (Fsp3) is 0.833. The van der Waals surface area contributed by atoms with Crippen molar-refractivity contribution in [2.45, 2.75) is 57.0 Å². The molecule has 2 saturated carbocycles. The maximum Gasteiger partial charge on any atom is 0.405 e. The molecule has 1 unspecified atom stereocenters. The van der Waals surface area contributed by atoms with Crippen molar-refractivity contribution in [1.29, 1.82) is 0 Å². The van der Waals surface area contributed by atoms with Crippen molar-refractivity contribution in [3.63, 3.8) is 0 Å². The summed E-state index contributed by atoms with van der Waals surface area (Å²) >= 11 is 0. The number of hydrogen-bond acceptors (Lipinski definition) is 2. The summed E-state index contributed by atoms with van der Waals surface area (Å²) in [5.74, 6) is 0.346. The average molecular weight is 240 g/mol. The predicted octanol–water partition coefficient (Wildman–Crippen LogP) is 1.48. The quantitative estimate of drug-likeness (QED) is 0.681. The lowest BCUT2D eigenvalue weighted by molar-refractivity contribution is -0.123. The van der Waals surface area contributed by atoms with Gasteiger partial charge in [0, 0.05) is 6.04 Å². The summed E-state index contributed by atoms with van der Waals surface area (Å²) in [7, 11) is 0. The van der Waals surface area contributed by atoms with E-state index in [0.29, 0.717) is 12.3 Å². The van der Waals surface area contributed by atoms with E-state index in [1.165, 1.54) is 12.8 Å². The van der Waals surface area contributed by atoms with Crippen LogP contribution < -0.4 is 10.6 Å². The van der Waals surface area contributed by atoms with E-state index < -0.39 is 12.1 Å². The van der Waals surface area contributed by atoms with Gasteiger partial charge in [-0.3, -0.25) is 4.79 Å². The SMILES string of the molecule is O=C(O)NC(CC1CCCC1)C(=O)NC1CC1. The Morgan fingerprint density at radius 2 is 1.82 bits per heavy atom. The molecule has 0 spiro atoms. The van der Waals surface area contributed by atoms with Gasteiger partial charge in [-0.15, -0.1) is 0 Å². The average Bonchev–Trinajstić information content (AvgIpc) is 2.92. The van der Waals surface area contributed by atoms with Crippen LogP contribution in [0.5, 0.6) is 0 Å². The lowest BCUT2D eigenvalue weighted by Gasteiger charge is -2.19. The molecule has 0 aromatic carbocycles. The number of carbonyl (C=O) groups is 2. The lowest BCUT2D eigenvalue weighted by atomic mass is 9.98. The Morgan fingerprint density at radius 3 is 2.35 bits per heavy atom. The van der Waals surface area contributed by atoms with Crippen molar-refractivity contribution in [3.8, 4) is 0 Å². The predicted molar refractivity (Wildman–Crippen MR) is 62.7 cm³/mol. The fourth-order valence-electron chi connectivity index (χ4n) is 2.49. The van der Waals surface area contributed by atoms with Gasteiger partial charge in [0.1, 0.15) is 6.04 Å². The number of hydrogen-bond donors (Lipinski definition) is 3. The summed E-state index contributed by atoms with van der Waals surface area (Å²) < 4.78 is 0. The molecule has 0 aromatic heterocycles. The summed E-state index contributed by atoms with van der Waals surface area (Å²) in [6.45, 7) is 0. The van der Waals surface area contributed by atoms with Crippen LogP contribution in [0, 0.1) is 5.92 Å². The zero-order valence-corrected chi connectivity index (χ0v) is 9.95. The van der Waals surface area contributed by atoms with Crippen LogP contribution in [0.15, 0.2) is 0 Å². The first-order chi connectivity index (χ1) is 8.15. The Bertz CT molecular complexity index is 296. The van der Waals surface area contributed by atoms with E-state index >= 15 is 0 Å². The Labute approximate surface area is 101 Å². The first-order valence-electron chi connectivity index (χ1n) is 6.45. The lowest BCUT2D eigenvalue weighted by Crippen LogP contribution is -2.47. The number of rotatable bonds is 5. The Morgan fingerprint density at radius 1 is 1.18 bits per heavy atom. The summed E-state index contributed by atoms with van der Waals surface area (Å²) in [5, 5.41) is 14.0. The molecule has 0 bridgehead atoms. The molecule has 0 aliphatic heterocycles. The molecule has 0 aromatic rings. The zero-order valence-electron chi connectivity index (χ0n) is 9.95. The van der Waals surface area contributed by atoms with Crippen LogP contribution in [0.4, 0.5) is 4.79 Å². The highest BCUT2D eigenvalue weighted by Crippen LogP contribution is 2.29. The normalized spacial score (nSPS) is 22.1. The minimum atomic E-state index is -1.11. The van der Waals surface area contributed by atoms with E-state index in [-0.39, 0.29) is 11.9 Å². The number of carboxylic acid groups (broad SMARTS) is 1. The molecule has 5 heteroatoms. The van der Waals surface area contributed by atoms with Crippen LogP contribution >= 0.6 is 0 Å². The molecule has 17 heavy (non-hydrogen) atoms. The molecule has 2 rings (SSSR count). The van der Waals surface area contributed by atoms with E-state index in [2.05, 4.69) is 10.6 Å². The van der Waals surface area contributed by atoms with E-state index in [9.17, 15) is 9.59 Å². The van der Waals surface area contributed by atoms with Crippen molar-refractivity contribution < 1.29 is 14.7 Å². The van der Waals surface area contributed by atoms with Gasteiger partial charge >= 0.3 is 6.09 Å². The highest BCUT2D eigenvalue weighted by Gasteiger charge is 2.30. The van der Waals surface area contributed by atoms with Gasteiger partial charge < -0.3 is 15.7 Å². The molecule has 0 radical (unpaired) electrons. The molecule has 2 amide bonds. The summed E-state index contributed by atoms with van der Waals surface area (Å²) in [5.41, 5.74) is 0. The van der Waals surface area contributed by atoms with Gasteiger partial charge in [-0.25, -0.2) is 4.79 Å². The molecule has 96 valence electrons. The van der Waals surface area contributed by atoms with E-state index in [4.69, 9.17) is 5.11 Å². The highest BCUT2D eigenvalue weighted by atomic mass is 16.4. The second-order valence-electron chi connectivity index (χ2n) is 5.17. The third-order valence-corrected chi connectivity index (χ3v) is 3.58. The van der Waals surface area contributed by atoms with Gasteiger partial charge in [-0.05, 0) is 25.2 Å². The number of nitrogens with one attached hydrogen (secondary N) is 2. The second-order valence-corrected chi connectivity index (χ2v) is 5.17. The molecular formula is C12H20N2O3. The molecule has 2 aliphatic carbocycles. The Balaban J connectivity index is 1.85. The van der Waals surface area contributed by atoms with Crippen molar-refractivity contribution in [2.75, 3.05) is 0 Å². The van der Waals surface area contributed by atoms with Crippen molar-refractivity contribution in [2.24, 2.45) is 5.92 Å². The van der Waals surface area contributed by atoms with Gasteiger partial charge in [0.2, 0.25) is 5.91 Å².